The Morgan fingerprint density at radius 1 is 0.962 bits per heavy atom. The number of nitrogens with zero attached hydrogens (tertiary/aromatic N) is 1. The van der Waals surface area contributed by atoms with Crippen molar-refractivity contribution >= 4 is 23.5 Å². The lowest BCUT2D eigenvalue weighted by atomic mass is 10.2. The monoisotopic (exact) mass is 358 g/mol. The van der Waals surface area contributed by atoms with Gasteiger partial charge in [-0.15, -0.1) is 0 Å². The summed E-state index contributed by atoms with van der Waals surface area (Å²) >= 11 is 0. The van der Waals surface area contributed by atoms with Gasteiger partial charge >= 0.3 is 0 Å². The number of carbonyl (C=O) groups is 1. The zero-order valence-corrected chi connectivity index (χ0v) is 15.5. The first-order valence-corrected chi connectivity index (χ1v) is 7.82. The summed E-state index contributed by atoms with van der Waals surface area (Å²) in [5.41, 5.74) is 1.89. The predicted molar refractivity (Wildman–Crippen MR) is 101 cm³/mol. The average Bonchev–Trinajstić information content (AvgIpc) is 2.65. The Morgan fingerprint density at radius 2 is 1.62 bits per heavy atom. The SMILES string of the molecule is COc1ccc(NC(C)=O)c(N=Cc2cc(OC)c(OC)c(OC)c2)c1. The predicted octanol–water partition coefficient (Wildman–Crippen LogP) is 3.43. The fraction of sp³-hybridized carbons (Fsp3) is 0.263. The highest BCUT2D eigenvalue weighted by Gasteiger charge is 2.12. The van der Waals surface area contributed by atoms with E-state index in [4.69, 9.17) is 18.9 Å². The molecule has 0 aliphatic rings. The van der Waals surface area contributed by atoms with E-state index in [1.54, 1.807) is 65.0 Å². The molecule has 138 valence electrons. The second kappa shape index (κ2) is 8.75. The van der Waals surface area contributed by atoms with Gasteiger partial charge < -0.3 is 24.3 Å². The number of amides is 1. The number of carbonyl (C=O) groups excluding carboxylic acids is 1. The summed E-state index contributed by atoms with van der Waals surface area (Å²) in [6.45, 7) is 1.44. The smallest absolute Gasteiger partial charge is 0.221 e. The summed E-state index contributed by atoms with van der Waals surface area (Å²) < 4.78 is 21.2. The van der Waals surface area contributed by atoms with Crippen molar-refractivity contribution in [3.8, 4) is 23.0 Å². The Labute approximate surface area is 152 Å². The first-order valence-electron chi connectivity index (χ1n) is 7.82. The molecule has 0 atom stereocenters. The van der Waals surface area contributed by atoms with Gasteiger partial charge in [0.1, 0.15) is 5.75 Å². The van der Waals surface area contributed by atoms with Gasteiger partial charge in [-0.3, -0.25) is 9.79 Å². The van der Waals surface area contributed by atoms with Crippen molar-refractivity contribution in [2.24, 2.45) is 4.99 Å². The van der Waals surface area contributed by atoms with E-state index in [1.807, 2.05) is 0 Å². The summed E-state index contributed by atoms with van der Waals surface area (Å²) in [5.74, 6) is 2.02. The van der Waals surface area contributed by atoms with Crippen LogP contribution in [0.15, 0.2) is 35.3 Å². The third-order valence-electron chi connectivity index (χ3n) is 3.56. The van der Waals surface area contributed by atoms with Crippen molar-refractivity contribution in [2.45, 2.75) is 6.92 Å². The van der Waals surface area contributed by atoms with Gasteiger partial charge in [0.2, 0.25) is 11.7 Å². The van der Waals surface area contributed by atoms with Crippen molar-refractivity contribution in [3.05, 3.63) is 35.9 Å². The molecule has 0 aromatic heterocycles. The van der Waals surface area contributed by atoms with Crippen LogP contribution in [-0.4, -0.2) is 40.6 Å². The van der Waals surface area contributed by atoms with E-state index in [-0.39, 0.29) is 5.91 Å². The summed E-state index contributed by atoms with van der Waals surface area (Å²) in [6.07, 6.45) is 1.64. The second-order valence-electron chi connectivity index (χ2n) is 5.28. The molecule has 1 amide bonds. The van der Waals surface area contributed by atoms with Crippen LogP contribution >= 0.6 is 0 Å². The summed E-state index contributed by atoms with van der Waals surface area (Å²) in [4.78, 5) is 15.9. The van der Waals surface area contributed by atoms with Crippen LogP contribution in [0, 0.1) is 0 Å². The van der Waals surface area contributed by atoms with Crippen LogP contribution in [0.5, 0.6) is 23.0 Å². The number of aliphatic imine (C=N–C) groups is 1. The number of benzene rings is 2. The van der Waals surface area contributed by atoms with Crippen molar-refractivity contribution in [2.75, 3.05) is 33.8 Å². The molecular weight excluding hydrogens is 336 g/mol. The molecule has 0 heterocycles. The van der Waals surface area contributed by atoms with Gasteiger partial charge in [0.25, 0.3) is 0 Å². The van der Waals surface area contributed by atoms with Gasteiger partial charge in [-0.25, -0.2) is 0 Å². The highest BCUT2D eigenvalue weighted by molar-refractivity contribution is 5.94. The molecule has 1 N–H and O–H groups in total. The largest absolute Gasteiger partial charge is 0.497 e. The highest BCUT2D eigenvalue weighted by atomic mass is 16.5. The normalized spacial score (nSPS) is 10.5. The summed E-state index contributed by atoms with van der Waals surface area (Å²) in [5, 5.41) is 2.75. The molecule has 0 spiro atoms. The first-order chi connectivity index (χ1) is 12.5. The molecular formula is C19H22N2O5. The molecule has 2 aromatic rings. The fourth-order valence-corrected chi connectivity index (χ4v) is 2.36. The standard InChI is InChI=1S/C19H22N2O5/c1-12(22)21-15-7-6-14(23-2)10-16(15)20-11-13-8-17(24-3)19(26-5)18(9-13)25-4/h6-11H,1-5H3,(H,21,22). The van der Waals surface area contributed by atoms with Gasteiger partial charge in [0.15, 0.2) is 11.5 Å². The van der Waals surface area contributed by atoms with Gasteiger partial charge in [-0.1, -0.05) is 0 Å². The average molecular weight is 358 g/mol. The van der Waals surface area contributed by atoms with E-state index in [0.29, 0.717) is 34.4 Å². The van der Waals surface area contributed by atoms with Gasteiger partial charge in [-0.2, -0.15) is 0 Å². The first kappa shape index (κ1) is 19.1. The Bertz CT molecular complexity index is 793. The Kier molecular flexibility index (Phi) is 6.43. The lowest BCUT2D eigenvalue weighted by molar-refractivity contribution is -0.114. The molecule has 0 aliphatic carbocycles. The second-order valence-corrected chi connectivity index (χ2v) is 5.28. The van der Waals surface area contributed by atoms with E-state index >= 15 is 0 Å². The van der Waals surface area contributed by atoms with E-state index in [1.165, 1.54) is 6.92 Å². The Hall–Kier alpha value is -3.22. The maximum absolute atomic E-state index is 11.4. The zero-order chi connectivity index (χ0) is 19.1. The highest BCUT2D eigenvalue weighted by Crippen LogP contribution is 2.38. The van der Waals surface area contributed by atoms with Gasteiger partial charge in [0, 0.05) is 24.8 Å². The molecule has 2 aromatic carbocycles. The van der Waals surface area contributed by atoms with Crippen LogP contribution in [0.25, 0.3) is 0 Å². The van der Waals surface area contributed by atoms with E-state index in [9.17, 15) is 4.79 Å². The number of ether oxygens (including phenoxy) is 4. The third kappa shape index (κ3) is 4.44. The molecule has 0 saturated carbocycles. The van der Waals surface area contributed by atoms with E-state index in [0.717, 1.165) is 5.56 Å². The van der Waals surface area contributed by atoms with Gasteiger partial charge in [0.05, 0.1) is 39.8 Å². The number of rotatable bonds is 7. The van der Waals surface area contributed by atoms with Crippen molar-refractivity contribution in [1.29, 1.82) is 0 Å². The van der Waals surface area contributed by atoms with Crippen LogP contribution in [0.3, 0.4) is 0 Å². The topological polar surface area (TPSA) is 78.4 Å². The minimum atomic E-state index is -0.181. The molecule has 26 heavy (non-hydrogen) atoms. The quantitative estimate of drug-likeness (QED) is 0.767. The summed E-state index contributed by atoms with van der Waals surface area (Å²) in [7, 11) is 6.22. The Balaban J connectivity index is 2.44. The molecule has 2 rings (SSSR count). The maximum Gasteiger partial charge on any atom is 0.221 e. The van der Waals surface area contributed by atoms with Crippen molar-refractivity contribution in [1.82, 2.24) is 0 Å². The van der Waals surface area contributed by atoms with Crippen molar-refractivity contribution in [3.63, 3.8) is 0 Å². The van der Waals surface area contributed by atoms with Gasteiger partial charge in [-0.05, 0) is 24.3 Å². The lowest BCUT2D eigenvalue weighted by Gasteiger charge is -2.13. The number of hydrogen-bond acceptors (Lipinski definition) is 6. The molecule has 0 aliphatic heterocycles. The minimum absolute atomic E-state index is 0.181. The number of methoxy groups -OCH3 is 4. The number of nitrogens with one attached hydrogen (secondary N) is 1. The molecule has 0 bridgehead atoms. The fourth-order valence-electron chi connectivity index (χ4n) is 2.36. The molecule has 0 radical (unpaired) electrons. The zero-order valence-electron chi connectivity index (χ0n) is 15.5. The third-order valence-corrected chi connectivity index (χ3v) is 3.56. The van der Waals surface area contributed by atoms with Crippen LogP contribution in [-0.2, 0) is 4.79 Å². The van der Waals surface area contributed by atoms with Crippen LogP contribution in [0.2, 0.25) is 0 Å². The van der Waals surface area contributed by atoms with Crippen LogP contribution in [0.4, 0.5) is 11.4 Å². The molecule has 7 nitrogen and oxygen atoms in total. The molecule has 0 fully saturated rings. The Morgan fingerprint density at radius 3 is 2.12 bits per heavy atom. The molecule has 7 heteroatoms. The minimum Gasteiger partial charge on any atom is -0.497 e. The molecule has 0 saturated heterocycles. The number of hydrogen-bond donors (Lipinski definition) is 1. The van der Waals surface area contributed by atoms with Crippen LogP contribution in [0.1, 0.15) is 12.5 Å². The van der Waals surface area contributed by atoms with Crippen LogP contribution < -0.4 is 24.3 Å². The summed E-state index contributed by atoms with van der Waals surface area (Å²) in [6, 6.07) is 8.79. The molecule has 0 unspecified atom stereocenters. The maximum atomic E-state index is 11.4. The lowest BCUT2D eigenvalue weighted by Crippen LogP contribution is -2.05. The van der Waals surface area contributed by atoms with E-state index in [2.05, 4.69) is 10.3 Å². The van der Waals surface area contributed by atoms with E-state index < -0.39 is 0 Å². The van der Waals surface area contributed by atoms with Crippen molar-refractivity contribution < 1.29 is 23.7 Å². The number of anilines is 1.